The number of alkyl halides is 3. The van der Waals surface area contributed by atoms with Gasteiger partial charge in [0.2, 0.25) is 0 Å². The minimum absolute atomic E-state index is 0.134. The van der Waals surface area contributed by atoms with Crippen molar-refractivity contribution in [3.05, 3.63) is 77.4 Å². The maximum Gasteiger partial charge on any atom is 0.416 e. The van der Waals surface area contributed by atoms with Crippen molar-refractivity contribution in [2.75, 3.05) is 5.32 Å². The molecule has 3 aromatic rings. The summed E-state index contributed by atoms with van der Waals surface area (Å²) in [5.74, 6) is 0. The van der Waals surface area contributed by atoms with E-state index in [1.54, 1.807) is 30.7 Å². The lowest BCUT2D eigenvalue weighted by Crippen LogP contribution is -2.18. The number of aromatic nitrogens is 3. The van der Waals surface area contributed by atoms with Gasteiger partial charge >= 0.3 is 6.18 Å². The summed E-state index contributed by atoms with van der Waals surface area (Å²) in [6, 6.07) is 6.62. The number of hydrogen-bond acceptors (Lipinski definition) is 3. The van der Waals surface area contributed by atoms with Gasteiger partial charge in [-0.1, -0.05) is 18.2 Å². The summed E-state index contributed by atoms with van der Waals surface area (Å²) in [5.41, 5.74) is 1.62. The molecular weight excluding hydrogens is 317 g/mol. The third kappa shape index (κ3) is 3.24. The number of halogens is 3. The summed E-state index contributed by atoms with van der Waals surface area (Å²) in [4.78, 5) is 4.04. The second-order valence-corrected chi connectivity index (χ2v) is 5.38. The highest BCUT2D eigenvalue weighted by Crippen LogP contribution is 2.37. The Labute approximate surface area is 136 Å². The van der Waals surface area contributed by atoms with E-state index in [1.807, 2.05) is 6.92 Å². The first kappa shape index (κ1) is 16.0. The molecule has 2 aromatic heterocycles. The molecule has 1 aromatic carbocycles. The lowest BCUT2D eigenvalue weighted by atomic mass is 9.95. The van der Waals surface area contributed by atoms with Crippen LogP contribution in [0.4, 0.5) is 18.9 Å². The Morgan fingerprint density at radius 2 is 1.92 bits per heavy atom. The number of rotatable bonds is 4. The van der Waals surface area contributed by atoms with Gasteiger partial charge < -0.3 is 5.32 Å². The summed E-state index contributed by atoms with van der Waals surface area (Å²) in [6.45, 7) is 1.87. The molecule has 0 bridgehead atoms. The van der Waals surface area contributed by atoms with Crippen LogP contribution in [-0.4, -0.2) is 15.2 Å². The van der Waals surface area contributed by atoms with Crippen LogP contribution in [-0.2, 0) is 6.18 Å². The minimum atomic E-state index is -4.44. The van der Waals surface area contributed by atoms with Gasteiger partial charge in [-0.05, 0) is 30.2 Å². The van der Waals surface area contributed by atoms with Crippen molar-refractivity contribution in [2.45, 2.75) is 19.1 Å². The zero-order chi connectivity index (χ0) is 17.2. The molecule has 0 saturated carbocycles. The number of pyridine rings is 1. The van der Waals surface area contributed by atoms with E-state index in [-0.39, 0.29) is 5.56 Å². The smallest absolute Gasteiger partial charge is 0.373 e. The number of aryl methyl sites for hydroxylation is 1. The summed E-state index contributed by atoms with van der Waals surface area (Å²) >= 11 is 0. The largest absolute Gasteiger partial charge is 0.416 e. The molecule has 7 heteroatoms. The number of benzene rings is 1. The van der Waals surface area contributed by atoms with E-state index in [4.69, 9.17) is 0 Å². The lowest BCUT2D eigenvalue weighted by molar-refractivity contribution is -0.138. The van der Waals surface area contributed by atoms with Crippen molar-refractivity contribution in [3.63, 3.8) is 0 Å². The van der Waals surface area contributed by atoms with Gasteiger partial charge in [0.15, 0.2) is 0 Å². The van der Waals surface area contributed by atoms with Gasteiger partial charge in [-0.15, -0.1) is 0 Å². The zero-order valence-corrected chi connectivity index (χ0v) is 12.8. The van der Waals surface area contributed by atoms with Crippen molar-refractivity contribution < 1.29 is 13.2 Å². The minimum Gasteiger partial charge on any atom is -0.373 e. The van der Waals surface area contributed by atoms with Crippen LogP contribution in [0, 0.1) is 6.92 Å². The van der Waals surface area contributed by atoms with Gasteiger partial charge in [0.05, 0.1) is 29.7 Å². The lowest BCUT2D eigenvalue weighted by Gasteiger charge is -2.23. The van der Waals surface area contributed by atoms with Crippen molar-refractivity contribution in [2.24, 2.45) is 0 Å². The summed E-state index contributed by atoms with van der Waals surface area (Å²) in [5, 5.41) is 9.67. The SMILES string of the molecule is Cc1ccncc1NC(c1cn[nH]c1)c1ccccc1C(F)(F)F. The second kappa shape index (κ2) is 6.35. The number of H-pyrrole nitrogens is 1. The van der Waals surface area contributed by atoms with Crippen molar-refractivity contribution >= 4 is 5.69 Å². The molecule has 2 heterocycles. The summed E-state index contributed by atoms with van der Waals surface area (Å²) in [7, 11) is 0. The highest BCUT2D eigenvalue weighted by Gasteiger charge is 2.35. The van der Waals surface area contributed by atoms with Crippen LogP contribution >= 0.6 is 0 Å². The fourth-order valence-electron chi connectivity index (χ4n) is 2.54. The Bertz CT molecular complexity index is 813. The second-order valence-electron chi connectivity index (χ2n) is 5.38. The first-order valence-electron chi connectivity index (χ1n) is 7.29. The number of anilines is 1. The molecule has 0 radical (unpaired) electrons. The van der Waals surface area contributed by atoms with Crippen LogP contribution in [0.3, 0.4) is 0 Å². The quantitative estimate of drug-likeness (QED) is 0.747. The Morgan fingerprint density at radius 3 is 2.58 bits per heavy atom. The number of nitrogens with one attached hydrogen (secondary N) is 2. The molecule has 0 saturated heterocycles. The van der Waals surface area contributed by atoms with Crippen LogP contribution in [0.1, 0.15) is 28.3 Å². The molecule has 0 spiro atoms. The van der Waals surface area contributed by atoms with Crippen LogP contribution in [0.15, 0.2) is 55.1 Å². The van der Waals surface area contributed by atoms with E-state index in [0.29, 0.717) is 11.3 Å². The van der Waals surface area contributed by atoms with Crippen molar-refractivity contribution in [1.29, 1.82) is 0 Å². The molecule has 0 aliphatic heterocycles. The molecule has 1 unspecified atom stereocenters. The Hall–Kier alpha value is -2.83. The van der Waals surface area contributed by atoms with E-state index >= 15 is 0 Å². The number of nitrogens with zero attached hydrogens (tertiary/aromatic N) is 2. The maximum absolute atomic E-state index is 13.4. The number of hydrogen-bond donors (Lipinski definition) is 2. The van der Waals surface area contributed by atoms with Crippen LogP contribution in [0.25, 0.3) is 0 Å². The molecule has 4 nitrogen and oxygen atoms in total. The third-order valence-electron chi connectivity index (χ3n) is 3.77. The van der Waals surface area contributed by atoms with Crippen LogP contribution in [0.5, 0.6) is 0 Å². The normalized spacial score (nSPS) is 12.8. The molecule has 0 fully saturated rings. The fourth-order valence-corrected chi connectivity index (χ4v) is 2.54. The van der Waals surface area contributed by atoms with E-state index in [9.17, 15) is 13.2 Å². The van der Waals surface area contributed by atoms with Gasteiger partial charge in [-0.25, -0.2) is 0 Å². The van der Waals surface area contributed by atoms with Crippen molar-refractivity contribution in [1.82, 2.24) is 15.2 Å². The zero-order valence-electron chi connectivity index (χ0n) is 12.8. The average Bonchev–Trinajstić information content (AvgIpc) is 3.07. The molecule has 2 N–H and O–H groups in total. The Kier molecular flexibility index (Phi) is 4.24. The maximum atomic E-state index is 13.4. The predicted octanol–water partition coefficient (Wildman–Crippen LogP) is 4.33. The van der Waals surface area contributed by atoms with Gasteiger partial charge in [0, 0.05) is 18.0 Å². The molecule has 0 amide bonds. The Morgan fingerprint density at radius 1 is 1.12 bits per heavy atom. The van der Waals surface area contributed by atoms with E-state index in [2.05, 4.69) is 20.5 Å². The van der Waals surface area contributed by atoms with Gasteiger partial charge in [0.25, 0.3) is 0 Å². The van der Waals surface area contributed by atoms with Gasteiger partial charge in [-0.3, -0.25) is 10.1 Å². The molecular formula is C17H15F3N4. The molecule has 1 atom stereocenters. The molecule has 3 rings (SSSR count). The molecule has 0 aliphatic rings. The third-order valence-corrected chi connectivity index (χ3v) is 3.77. The standard InChI is InChI=1S/C17H15F3N4/c1-11-6-7-21-10-15(11)24-16(12-8-22-23-9-12)13-4-2-3-5-14(13)17(18,19)20/h2-10,16,24H,1H3,(H,22,23). The molecule has 24 heavy (non-hydrogen) atoms. The highest BCUT2D eigenvalue weighted by molar-refractivity contribution is 5.53. The van der Waals surface area contributed by atoms with Gasteiger partial charge in [0.1, 0.15) is 0 Å². The summed E-state index contributed by atoms with van der Waals surface area (Å²) in [6.07, 6.45) is 1.88. The van der Waals surface area contributed by atoms with Crippen molar-refractivity contribution in [3.8, 4) is 0 Å². The first-order valence-corrected chi connectivity index (χ1v) is 7.29. The fraction of sp³-hybridized carbons (Fsp3) is 0.176. The van der Waals surface area contributed by atoms with E-state index < -0.39 is 17.8 Å². The Balaban J connectivity index is 2.09. The highest BCUT2D eigenvalue weighted by atomic mass is 19.4. The van der Waals surface area contributed by atoms with Crippen LogP contribution < -0.4 is 5.32 Å². The van der Waals surface area contributed by atoms with Gasteiger partial charge in [-0.2, -0.15) is 18.3 Å². The molecule has 0 aliphatic carbocycles. The topological polar surface area (TPSA) is 53.6 Å². The monoisotopic (exact) mass is 332 g/mol. The summed E-state index contributed by atoms with van der Waals surface area (Å²) < 4.78 is 40.2. The molecule has 124 valence electrons. The predicted molar refractivity (Wildman–Crippen MR) is 84.5 cm³/mol. The average molecular weight is 332 g/mol. The number of aromatic amines is 1. The first-order chi connectivity index (χ1) is 11.5. The van der Waals surface area contributed by atoms with Crippen LogP contribution in [0.2, 0.25) is 0 Å². The van der Waals surface area contributed by atoms with E-state index in [1.165, 1.54) is 18.3 Å². The van der Waals surface area contributed by atoms with E-state index in [0.717, 1.165) is 11.6 Å².